The summed E-state index contributed by atoms with van der Waals surface area (Å²) in [5.74, 6) is 0. The fourth-order valence-corrected chi connectivity index (χ4v) is 2.77. The van der Waals surface area contributed by atoms with E-state index >= 15 is 0 Å². The Hall–Kier alpha value is -2.65. The molecular weight excluding hydrogens is 294 g/mol. The lowest BCUT2D eigenvalue weighted by molar-refractivity contribution is 1.08. The van der Waals surface area contributed by atoms with Crippen molar-refractivity contribution in [1.29, 1.82) is 0 Å². The lowest BCUT2D eigenvalue weighted by atomic mass is 10.1. The van der Waals surface area contributed by atoms with Gasteiger partial charge in [0.2, 0.25) is 5.28 Å². The highest BCUT2D eigenvalue weighted by atomic mass is 35.5. The molecule has 0 radical (unpaired) electrons. The summed E-state index contributed by atoms with van der Waals surface area (Å²) in [5, 5.41) is 1.24. The molecule has 4 heteroatoms. The van der Waals surface area contributed by atoms with Crippen LogP contribution in [0, 0.1) is 0 Å². The van der Waals surface area contributed by atoms with Crippen molar-refractivity contribution >= 4 is 22.6 Å². The van der Waals surface area contributed by atoms with E-state index in [1.165, 1.54) is 0 Å². The van der Waals surface area contributed by atoms with Crippen LogP contribution in [-0.4, -0.2) is 14.5 Å². The van der Waals surface area contributed by atoms with Crippen LogP contribution in [0.3, 0.4) is 0 Å². The molecule has 0 bridgehead atoms. The van der Waals surface area contributed by atoms with Gasteiger partial charge in [-0.2, -0.15) is 4.98 Å². The van der Waals surface area contributed by atoms with Gasteiger partial charge in [0.25, 0.3) is 0 Å². The van der Waals surface area contributed by atoms with Gasteiger partial charge in [-0.25, -0.2) is 4.98 Å². The summed E-state index contributed by atoms with van der Waals surface area (Å²) in [6.07, 6.45) is 2.00. The number of rotatable bonds is 2. The topological polar surface area (TPSA) is 30.7 Å². The molecule has 0 N–H and O–H groups in total. The Morgan fingerprint density at radius 1 is 0.773 bits per heavy atom. The number of aromatic nitrogens is 3. The first-order chi connectivity index (χ1) is 10.8. The van der Waals surface area contributed by atoms with Crippen molar-refractivity contribution in [3.63, 3.8) is 0 Å². The summed E-state index contributed by atoms with van der Waals surface area (Å²) in [4.78, 5) is 8.83. The maximum Gasteiger partial charge on any atom is 0.224 e. The summed E-state index contributed by atoms with van der Waals surface area (Å²) < 4.78 is 2.02. The number of halogens is 1. The van der Waals surface area contributed by atoms with E-state index in [2.05, 4.69) is 9.97 Å². The predicted molar refractivity (Wildman–Crippen MR) is 89.3 cm³/mol. The summed E-state index contributed by atoms with van der Waals surface area (Å²) >= 11 is 6.15. The van der Waals surface area contributed by atoms with Gasteiger partial charge in [0.1, 0.15) is 5.65 Å². The van der Waals surface area contributed by atoms with E-state index in [-0.39, 0.29) is 5.28 Å². The Bertz CT molecular complexity index is 931. The van der Waals surface area contributed by atoms with Gasteiger partial charge in [-0.05, 0) is 29.8 Å². The number of nitrogens with zero attached hydrogens (tertiary/aromatic N) is 3. The van der Waals surface area contributed by atoms with Gasteiger partial charge in [0.15, 0.2) is 0 Å². The standard InChI is InChI=1S/C18H12ClN3/c19-18-20-16(13-7-3-1-4-8-13)15-11-12-22(17(15)21-18)14-9-5-2-6-10-14/h1-12H. The quantitative estimate of drug-likeness (QED) is 0.501. The normalized spacial score (nSPS) is 11.0. The van der Waals surface area contributed by atoms with E-state index in [4.69, 9.17) is 11.6 Å². The molecule has 4 aromatic rings. The molecule has 2 aromatic heterocycles. The van der Waals surface area contributed by atoms with Crippen LogP contribution in [0.25, 0.3) is 28.0 Å². The minimum Gasteiger partial charge on any atom is -0.301 e. The first-order valence-electron chi connectivity index (χ1n) is 6.98. The van der Waals surface area contributed by atoms with Crippen molar-refractivity contribution in [2.45, 2.75) is 0 Å². The van der Waals surface area contributed by atoms with E-state index < -0.39 is 0 Å². The van der Waals surface area contributed by atoms with Gasteiger partial charge in [0, 0.05) is 22.8 Å². The highest BCUT2D eigenvalue weighted by Crippen LogP contribution is 2.29. The smallest absolute Gasteiger partial charge is 0.224 e. The first-order valence-corrected chi connectivity index (χ1v) is 7.36. The zero-order valence-corrected chi connectivity index (χ0v) is 12.4. The minimum atomic E-state index is 0.252. The molecule has 0 unspecified atom stereocenters. The van der Waals surface area contributed by atoms with E-state index in [1.807, 2.05) is 77.5 Å². The Kier molecular flexibility index (Phi) is 3.13. The molecule has 0 amide bonds. The zero-order chi connectivity index (χ0) is 14.9. The molecule has 3 nitrogen and oxygen atoms in total. The molecule has 22 heavy (non-hydrogen) atoms. The predicted octanol–water partition coefficient (Wildman–Crippen LogP) is 4.74. The number of benzene rings is 2. The van der Waals surface area contributed by atoms with E-state index in [1.54, 1.807) is 0 Å². The molecule has 0 saturated carbocycles. The number of hydrogen-bond acceptors (Lipinski definition) is 2. The van der Waals surface area contributed by atoms with E-state index in [9.17, 15) is 0 Å². The average molecular weight is 306 g/mol. The van der Waals surface area contributed by atoms with Gasteiger partial charge in [0.05, 0.1) is 5.69 Å². The van der Waals surface area contributed by atoms with Gasteiger partial charge >= 0.3 is 0 Å². The summed E-state index contributed by atoms with van der Waals surface area (Å²) in [5.41, 5.74) is 3.74. The fraction of sp³-hybridized carbons (Fsp3) is 0. The SMILES string of the molecule is Clc1nc(-c2ccccc2)c2ccn(-c3ccccc3)c2n1. The molecule has 2 aromatic carbocycles. The third-order valence-corrected chi connectivity index (χ3v) is 3.77. The van der Waals surface area contributed by atoms with E-state index in [0.29, 0.717) is 0 Å². The molecule has 0 spiro atoms. The fourth-order valence-electron chi connectivity index (χ4n) is 2.60. The van der Waals surface area contributed by atoms with Gasteiger partial charge in [-0.3, -0.25) is 0 Å². The molecule has 0 saturated heterocycles. The van der Waals surface area contributed by atoms with Crippen LogP contribution in [0.1, 0.15) is 0 Å². The van der Waals surface area contributed by atoms with Crippen molar-refractivity contribution < 1.29 is 0 Å². The highest BCUT2D eigenvalue weighted by molar-refractivity contribution is 6.28. The van der Waals surface area contributed by atoms with Crippen molar-refractivity contribution in [3.8, 4) is 16.9 Å². The molecule has 0 aliphatic heterocycles. The molecule has 0 aliphatic carbocycles. The zero-order valence-electron chi connectivity index (χ0n) is 11.6. The summed E-state index contributed by atoms with van der Waals surface area (Å²) in [6, 6.07) is 22.1. The molecular formula is C18H12ClN3. The number of hydrogen-bond donors (Lipinski definition) is 0. The van der Waals surface area contributed by atoms with Crippen LogP contribution in [0.2, 0.25) is 5.28 Å². The summed E-state index contributed by atoms with van der Waals surface area (Å²) in [6.45, 7) is 0. The van der Waals surface area contributed by atoms with Crippen LogP contribution in [0.4, 0.5) is 0 Å². The van der Waals surface area contributed by atoms with Gasteiger partial charge in [-0.15, -0.1) is 0 Å². The van der Waals surface area contributed by atoms with Crippen molar-refractivity contribution in [2.24, 2.45) is 0 Å². The molecule has 4 rings (SSSR count). The summed E-state index contributed by atoms with van der Waals surface area (Å²) in [7, 11) is 0. The molecule has 106 valence electrons. The van der Waals surface area contributed by atoms with Gasteiger partial charge < -0.3 is 4.57 Å². The lowest BCUT2D eigenvalue weighted by Gasteiger charge is -2.07. The molecule has 0 aliphatic rings. The van der Waals surface area contributed by atoms with E-state index in [0.717, 1.165) is 28.0 Å². The minimum absolute atomic E-state index is 0.252. The first kappa shape index (κ1) is 13.0. The maximum absolute atomic E-state index is 6.15. The molecule has 0 fully saturated rings. The Labute approximate surface area is 132 Å². The maximum atomic E-state index is 6.15. The van der Waals surface area contributed by atoms with Crippen molar-refractivity contribution in [1.82, 2.24) is 14.5 Å². The Morgan fingerprint density at radius 3 is 2.18 bits per heavy atom. The lowest BCUT2D eigenvalue weighted by Crippen LogP contribution is -1.96. The Balaban J connectivity index is 2.00. The Morgan fingerprint density at radius 2 is 1.45 bits per heavy atom. The monoisotopic (exact) mass is 305 g/mol. The number of para-hydroxylation sites is 1. The van der Waals surface area contributed by atoms with Crippen LogP contribution in [-0.2, 0) is 0 Å². The second kappa shape index (κ2) is 5.28. The second-order valence-electron chi connectivity index (χ2n) is 4.97. The number of fused-ring (bicyclic) bond motifs is 1. The van der Waals surface area contributed by atoms with Crippen LogP contribution in [0.15, 0.2) is 72.9 Å². The van der Waals surface area contributed by atoms with Crippen LogP contribution < -0.4 is 0 Å². The van der Waals surface area contributed by atoms with Crippen LogP contribution >= 0.6 is 11.6 Å². The second-order valence-corrected chi connectivity index (χ2v) is 5.30. The molecule has 0 atom stereocenters. The van der Waals surface area contributed by atoms with Crippen molar-refractivity contribution in [3.05, 3.63) is 78.2 Å². The van der Waals surface area contributed by atoms with Gasteiger partial charge in [-0.1, -0.05) is 48.5 Å². The third-order valence-electron chi connectivity index (χ3n) is 3.60. The highest BCUT2D eigenvalue weighted by Gasteiger charge is 2.13. The van der Waals surface area contributed by atoms with Crippen molar-refractivity contribution in [2.75, 3.05) is 0 Å². The largest absolute Gasteiger partial charge is 0.301 e. The average Bonchev–Trinajstić information content (AvgIpc) is 2.99. The van der Waals surface area contributed by atoms with Crippen LogP contribution in [0.5, 0.6) is 0 Å². The molecule has 2 heterocycles. The third kappa shape index (κ3) is 2.16.